The third-order valence-corrected chi connectivity index (χ3v) is 4.35. The third kappa shape index (κ3) is 5.31. The van der Waals surface area contributed by atoms with Gasteiger partial charge in [-0.25, -0.2) is 0 Å². The fraction of sp³-hybridized carbons (Fsp3) is 0.0952. The van der Waals surface area contributed by atoms with Gasteiger partial charge >= 0.3 is 0 Å². The quantitative estimate of drug-likeness (QED) is 0.332. The first-order valence-electron chi connectivity index (χ1n) is 8.58. The maximum Gasteiger partial charge on any atom is 0.269 e. The van der Waals surface area contributed by atoms with Crippen LogP contribution < -0.4 is 10.2 Å². The lowest BCUT2D eigenvalue weighted by Gasteiger charge is -2.09. The van der Waals surface area contributed by atoms with Crippen LogP contribution in [0.25, 0.3) is 0 Å². The van der Waals surface area contributed by atoms with Gasteiger partial charge in [-0.05, 0) is 41.5 Å². The van der Waals surface area contributed by atoms with Crippen LogP contribution in [0, 0.1) is 10.1 Å². The van der Waals surface area contributed by atoms with Crippen molar-refractivity contribution in [3.8, 4) is 5.75 Å². The monoisotopic (exact) mass is 395 g/mol. The molecule has 0 heterocycles. The Hall–Kier alpha value is -3.38. The van der Waals surface area contributed by atoms with Gasteiger partial charge < -0.3 is 10.2 Å². The van der Waals surface area contributed by atoms with E-state index in [1.807, 2.05) is 48.5 Å². The molecule has 0 bridgehead atoms. The molecule has 0 saturated heterocycles. The van der Waals surface area contributed by atoms with E-state index in [0.29, 0.717) is 23.9 Å². The zero-order valence-electron chi connectivity index (χ0n) is 14.9. The summed E-state index contributed by atoms with van der Waals surface area (Å²) in [5.74, 6) is 0.671. The number of para-hydroxylation sites is 1. The Labute approximate surface area is 167 Å². The minimum absolute atomic E-state index is 0.0564. The van der Waals surface area contributed by atoms with E-state index in [1.165, 1.54) is 12.1 Å². The second kappa shape index (κ2) is 9.53. The third-order valence-electron chi connectivity index (χ3n) is 3.98. The molecular formula is C21H18ClN3O3. The van der Waals surface area contributed by atoms with Gasteiger partial charge in [0.05, 0.1) is 17.7 Å². The number of nitrogens with zero attached hydrogens (tertiary/aromatic N) is 2. The van der Waals surface area contributed by atoms with Crippen molar-refractivity contribution >= 4 is 23.5 Å². The second-order valence-corrected chi connectivity index (χ2v) is 6.34. The Morgan fingerprint density at radius 2 is 1.75 bits per heavy atom. The number of non-ortho nitro benzene ring substituents is 1. The average molecular weight is 396 g/mol. The molecule has 0 unspecified atom stereocenters. The van der Waals surface area contributed by atoms with E-state index >= 15 is 0 Å². The van der Waals surface area contributed by atoms with Crippen molar-refractivity contribution in [3.63, 3.8) is 0 Å². The fourth-order valence-electron chi connectivity index (χ4n) is 2.48. The molecule has 0 radical (unpaired) electrons. The van der Waals surface area contributed by atoms with Gasteiger partial charge in [-0.1, -0.05) is 41.9 Å². The summed E-state index contributed by atoms with van der Waals surface area (Å²) >= 11 is 6.12. The number of benzene rings is 3. The zero-order valence-corrected chi connectivity index (χ0v) is 15.7. The predicted octanol–water partition coefficient (Wildman–Crippen LogP) is 4.95. The van der Waals surface area contributed by atoms with E-state index in [0.717, 1.165) is 16.7 Å². The van der Waals surface area contributed by atoms with Gasteiger partial charge in [0.1, 0.15) is 12.4 Å². The van der Waals surface area contributed by atoms with E-state index in [2.05, 4.69) is 10.5 Å². The number of hydrogen-bond donors (Lipinski definition) is 1. The summed E-state index contributed by atoms with van der Waals surface area (Å²) in [6.07, 6.45) is 1.68. The number of nitrogens with one attached hydrogen (secondary N) is 1. The molecule has 3 aromatic rings. The SMILES string of the molecule is O=[N+]([O-])c1ccc(COc2ccccc2/C=N\NCc2ccccc2Cl)cc1. The van der Waals surface area contributed by atoms with Crippen LogP contribution in [-0.4, -0.2) is 11.1 Å². The molecule has 28 heavy (non-hydrogen) atoms. The molecule has 142 valence electrons. The molecule has 0 aliphatic rings. The first-order chi connectivity index (χ1) is 13.6. The van der Waals surface area contributed by atoms with Gasteiger partial charge in [-0.3, -0.25) is 10.1 Å². The molecule has 0 aliphatic heterocycles. The maximum absolute atomic E-state index is 10.7. The summed E-state index contributed by atoms with van der Waals surface area (Å²) in [5, 5.41) is 15.6. The number of ether oxygens (including phenoxy) is 1. The van der Waals surface area contributed by atoms with Gasteiger partial charge in [-0.2, -0.15) is 5.10 Å². The van der Waals surface area contributed by atoms with Gasteiger partial charge in [0.15, 0.2) is 0 Å². The molecule has 3 rings (SSSR count). The van der Waals surface area contributed by atoms with E-state index in [4.69, 9.17) is 16.3 Å². The average Bonchev–Trinajstić information content (AvgIpc) is 2.72. The van der Waals surface area contributed by atoms with Crippen molar-refractivity contribution in [2.75, 3.05) is 0 Å². The summed E-state index contributed by atoms with van der Waals surface area (Å²) in [5.41, 5.74) is 5.65. The first-order valence-corrected chi connectivity index (χ1v) is 8.96. The van der Waals surface area contributed by atoms with Crippen molar-refractivity contribution in [1.29, 1.82) is 0 Å². The number of halogens is 1. The van der Waals surface area contributed by atoms with Gasteiger partial charge in [0.2, 0.25) is 0 Å². The van der Waals surface area contributed by atoms with Crippen molar-refractivity contribution in [2.24, 2.45) is 5.10 Å². The Balaban J connectivity index is 1.59. The van der Waals surface area contributed by atoms with Crippen LogP contribution in [0.3, 0.4) is 0 Å². The molecule has 0 saturated carbocycles. The van der Waals surface area contributed by atoms with Crippen LogP contribution in [0.15, 0.2) is 77.9 Å². The van der Waals surface area contributed by atoms with Crippen LogP contribution >= 0.6 is 11.6 Å². The van der Waals surface area contributed by atoms with Crippen LogP contribution in [0.1, 0.15) is 16.7 Å². The molecule has 0 aliphatic carbocycles. The van der Waals surface area contributed by atoms with Crippen molar-refractivity contribution < 1.29 is 9.66 Å². The van der Waals surface area contributed by atoms with Gasteiger partial charge in [0.25, 0.3) is 5.69 Å². The number of rotatable bonds is 8. The van der Waals surface area contributed by atoms with E-state index in [-0.39, 0.29) is 5.69 Å². The van der Waals surface area contributed by atoms with Crippen LogP contribution in [0.2, 0.25) is 5.02 Å². The van der Waals surface area contributed by atoms with Crippen LogP contribution in [-0.2, 0) is 13.2 Å². The minimum atomic E-state index is -0.425. The number of nitro benzene ring substituents is 1. The molecule has 7 heteroatoms. The Kier molecular flexibility index (Phi) is 6.59. The van der Waals surface area contributed by atoms with Crippen LogP contribution in [0.5, 0.6) is 5.75 Å². The molecule has 0 amide bonds. The summed E-state index contributed by atoms with van der Waals surface area (Å²) < 4.78 is 5.85. The minimum Gasteiger partial charge on any atom is -0.488 e. The molecule has 6 nitrogen and oxygen atoms in total. The van der Waals surface area contributed by atoms with Crippen molar-refractivity contribution in [1.82, 2.24) is 5.43 Å². The normalized spacial score (nSPS) is 10.8. The number of nitro groups is 1. The van der Waals surface area contributed by atoms with Gasteiger partial charge in [0, 0.05) is 22.7 Å². The summed E-state index contributed by atoms with van der Waals surface area (Å²) in [6, 6.07) is 21.4. The smallest absolute Gasteiger partial charge is 0.269 e. The van der Waals surface area contributed by atoms with E-state index in [1.54, 1.807) is 18.3 Å². The highest BCUT2D eigenvalue weighted by Gasteiger charge is 2.05. The molecule has 0 spiro atoms. The molecule has 3 aromatic carbocycles. The highest BCUT2D eigenvalue weighted by molar-refractivity contribution is 6.31. The standard InChI is InChI=1S/C21H18ClN3O3/c22-20-7-3-1-5-17(20)13-23-24-14-18-6-2-4-8-21(18)28-15-16-9-11-19(12-10-16)25(26)27/h1-12,14,23H,13,15H2/b24-14-. The summed E-state index contributed by atoms with van der Waals surface area (Å²) in [4.78, 5) is 10.3. The Morgan fingerprint density at radius 1 is 1.04 bits per heavy atom. The van der Waals surface area contributed by atoms with Crippen molar-refractivity contribution in [2.45, 2.75) is 13.2 Å². The Morgan fingerprint density at radius 3 is 2.50 bits per heavy atom. The first kappa shape index (κ1) is 19.4. The number of hydrogen-bond acceptors (Lipinski definition) is 5. The highest BCUT2D eigenvalue weighted by Crippen LogP contribution is 2.19. The van der Waals surface area contributed by atoms with Gasteiger partial charge in [-0.15, -0.1) is 0 Å². The fourth-order valence-corrected chi connectivity index (χ4v) is 2.68. The maximum atomic E-state index is 10.7. The molecule has 1 N–H and O–H groups in total. The predicted molar refractivity (Wildman–Crippen MR) is 110 cm³/mol. The molecular weight excluding hydrogens is 378 g/mol. The molecule has 0 aromatic heterocycles. The second-order valence-electron chi connectivity index (χ2n) is 5.93. The highest BCUT2D eigenvalue weighted by atomic mass is 35.5. The summed E-state index contributed by atoms with van der Waals surface area (Å²) in [7, 11) is 0. The topological polar surface area (TPSA) is 76.8 Å². The largest absolute Gasteiger partial charge is 0.488 e. The van der Waals surface area contributed by atoms with Crippen molar-refractivity contribution in [3.05, 3.63) is 105 Å². The zero-order chi connectivity index (χ0) is 19.8. The van der Waals surface area contributed by atoms with E-state index in [9.17, 15) is 10.1 Å². The molecule has 0 atom stereocenters. The van der Waals surface area contributed by atoms with Crippen LogP contribution in [0.4, 0.5) is 5.69 Å². The lowest BCUT2D eigenvalue weighted by atomic mass is 10.2. The summed E-state index contributed by atoms with van der Waals surface area (Å²) in [6.45, 7) is 0.817. The molecule has 0 fully saturated rings. The number of hydrazone groups is 1. The van der Waals surface area contributed by atoms with E-state index < -0.39 is 4.92 Å². The lowest BCUT2D eigenvalue weighted by Crippen LogP contribution is -2.06. The lowest BCUT2D eigenvalue weighted by molar-refractivity contribution is -0.384. The Bertz CT molecular complexity index is 975.